The fourth-order valence-electron chi connectivity index (χ4n) is 3.09. The quantitative estimate of drug-likeness (QED) is 0.826. The number of benzene rings is 1. The van der Waals surface area contributed by atoms with E-state index in [0.29, 0.717) is 5.41 Å². The zero-order valence-electron chi connectivity index (χ0n) is 13.6. The molecule has 2 N–H and O–H groups in total. The van der Waals surface area contributed by atoms with Crippen LogP contribution in [0.5, 0.6) is 0 Å². The lowest BCUT2D eigenvalue weighted by Crippen LogP contribution is -2.34. The number of carbonyl (C=O) groups is 1. The number of rotatable bonds is 6. The Morgan fingerprint density at radius 2 is 2.00 bits per heavy atom. The Hall–Kier alpha value is -1.51. The topological polar surface area (TPSA) is 41.1 Å². The molecular weight excluding hydrogens is 260 g/mol. The van der Waals surface area contributed by atoms with Crippen LogP contribution in [0.25, 0.3) is 0 Å². The van der Waals surface area contributed by atoms with Crippen LogP contribution in [0, 0.1) is 12.3 Å². The first kappa shape index (κ1) is 15.9. The summed E-state index contributed by atoms with van der Waals surface area (Å²) in [6, 6.07) is 5.98. The van der Waals surface area contributed by atoms with Crippen LogP contribution in [0.3, 0.4) is 0 Å². The number of hydrogen-bond acceptors (Lipinski definition) is 2. The van der Waals surface area contributed by atoms with Crippen LogP contribution in [0.1, 0.15) is 61.9 Å². The predicted octanol–water partition coefficient (Wildman–Crippen LogP) is 4.13. The average molecular weight is 288 g/mol. The van der Waals surface area contributed by atoms with Gasteiger partial charge in [0.05, 0.1) is 0 Å². The van der Waals surface area contributed by atoms with Gasteiger partial charge in [-0.15, -0.1) is 0 Å². The van der Waals surface area contributed by atoms with E-state index in [1.165, 1.54) is 25.7 Å². The molecule has 0 unspecified atom stereocenters. The first-order valence-corrected chi connectivity index (χ1v) is 8.17. The van der Waals surface area contributed by atoms with E-state index in [2.05, 4.69) is 30.5 Å². The van der Waals surface area contributed by atoms with E-state index < -0.39 is 0 Å². The van der Waals surface area contributed by atoms with Gasteiger partial charge in [0.15, 0.2) is 0 Å². The highest BCUT2D eigenvalue weighted by Crippen LogP contribution is 2.36. The van der Waals surface area contributed by atoms with Gasteiger partial charge in [0.1, 0.15) is 0 Å². The molecule has 1 amide bonds. The highest BCUT2D eigenvalue weighted by atomic mass is 16.1. The van der Waals surface area contributed by atoms with Crippen molar-refractivity contribution < 1.29 is 4.79 Å². The maximum absolute atomic E-state index is 12.4. The summed E-state index contributed by atoms with van der Waals surface area (Å²) < 4.78 is 0. The lowest BCUT2D eigenvalue weighted by atomic mass is 9.89. The predicted molar refractivity (Wildman–Crippen MR) is 88.9 cm³/mol. The Kier molecular flexibility index (Phi) is 5.27. The van der Waals surface area contributed by atoms with E-state index in [-0.39, 0.29) is 5.91 Å². The first-order chi connectivity index (χ1) is 10.0. The van der Waals surface area contributed by atoms with Crippen LogP contribution in [0.15, 0.2) is 18.2 Å². The zero-order valence-corrected chi connectivity index (χ0v) is 13.6. The fourth-order valence-corrected chi connectivity index (χ4v) is 3.09. The molecule has 21 heavy (non-hydrogen) atoms. The summed E-state index contributed by atoms with van der Waals surface area (Å²) in [7, 11) is 0. The molecule has 1 aromatic carbocycles. The fraction of sp³-hybridized carbons (Fsp3) is 0.611. The molecule has 0 aliphatic heterocycles. The number of anilines is 1. The van der Waals surface area contributed by atoms with Crippen molar-refractivity contribution in [2.75, 3.05) is 18.4 Å². The molecule has 1 aliphatic rings. The van der Waals surface area contributed by atoms with E-state index in [4.69, 9.17) is 0 Å². The van der Waals surface area contributed by atoms with Crippen LogP contribution < -0.4 is 10.6 Å². The van der Waals surface area contributed by atoms with Gasteiger partial charge in [0.2, 0.25) is 0 Å². The second-order valence-electron chi connectivity index (χ2n) is 6.66. The van der Waals surface area contributed by atoms with Gasteiger partial charge >= 0.3 is 0 Å². The van der Waals surface area contributed by atoms with Crippen LogP contribution >= 0.6 is 0 Å². The summed E-state index contributed by atoms with van der Waals surface area (Å²) in [4.78, 5) is 12.4. The van der Waals surface area contributed by atoms with Crippen LogP contribution in [-0.4, -0.2) is 19.0 Å². The molecule has 0 saturated heterocycles. The lowest BCUT2D eigenvalue weighted by Gasteiger charge is -2.24. The highest BCUT2D eigenvalue weighted by Gasteiger charge is 2.29. The average Bonchev–Trinajstić information content (AvgIpc) is 2.90. The highest BCUT2D eigenvalue weighted by molar-refractivity contribution is 5.96. The van der Waals surface area contributed by atoms with Gasteiger partial charge in [-0.05, 0) is 55.4 Å². The van der Waals surface area contributed by atoms with Crippen LogP contribution in [0.2, 0.25) is 0 Å². The molecular formula is C18H28N2O. The number of hydrogen-bond donors (Lipinski definition) is 2. The molecule has 116 valence electrons. The Balaban J connectivity index is 1.95. The summed E-state index contributed by atoms with van der Waals surface area (Å²) >= 11 is 0. The summed E-state index contributed by atoms with van der Waals surface area (Å²) in [6.45, 7) is 8.18. The molecule has 1 fully saturated rings. The largest absolute Gasteiger partial charge is 0.385 e. The third-order valence-corrected chi connectivity index (χ3v) is 4.54. The summed E-state index contributed by atoms with van der Waals surface area (Å²) in [5.74, 6) is 0.0580. The molecule has 2 rings (SSSR count). The van der Waals surface area contributed by atoms with Crippen molar-refractivity contribution in [3.05, 3.63) is 29.3 Å². The Morgan fingerprint density at radius 3 is 2.62 bits per heavy atom. The van der Waals surface area contributed by atoms with E-state index in [9.17, 15) is 4.79 Å². The molecule has 0 bridgehead atoms. The maximum Gasteiger partial charge on any atom is 0.251 e. The smallest absolute Gasteiger partial charge is 0.251 e. The molecule has 0 atom stereocenters. The second kappa shape index (κ2) is 6.97. The SMILES string of the molecule is CCCNc1ccc(C(=O)NCC2(C)CCCC2)c(C)c1. The Morgan fingerprint density at radius 1 is 1.29 bits per heavy atom. The summed E-state index contributed by atoms with van der Waals surface area (Å²) in [5.41, 5.74) is 3.21. The number of carbonyl (C=O) groups excluding carboxylic acids is 1. The van der Waals surface area contributed by atoms with Crippen molar-refractivity contribution in [3.63, 3.8) is 0 Å². The first-order valence-electron chi connectivity index (χ1n) is 8.17. The summed E-state index contributed by atoms with van der Waals surface area (Å²) in [5, 5.41) is 6.48. The zero-order chi connectivity index (χ0) is 15.3. The van der Waals surface area contributed by atoms with Gasteiger partial charge in [-0.2, -0.15) is 0 Å². The number of nitrogens with one attached hydrogen (secondary N) is 2. The van der Waals surface area contributed by atoms with Gasteiger partial charge in [0, 0.05) is 24.3 Å². The number of aryl methyl sites for hydroxylation is 1. The number of amides is 1. The van der Waals surface area contributed by atoms with Gasteiger partial charge < -0.3 is 10.6 Å². The van der Waals surface area contributed by atoms with Crippen LogP contribution in [-0.2, 0) is 0 Å². The van der Waals surface area contributed by atoms with Crippen molar-refractivity contribution in [2.24, 2.45) is 5.41 Å². The van der Waals surface area contributed by atoms with E-state index in [1.54, 1.807) is 0 Å². The van der Waals surface area contributed by atoms with E-state index in [1.807, 2.05) is 19.1 Å². The van der Waals surface area contributed by atoms with Crippen LogP contribution in [0.4, 0.5) is 5.69 Å². The standard InChI is InChI=1S/C18H28N2O/c1-4-11-19-15-7-8-16(14(2)12-15)17(21)20-13-18(3)9-5-6-10-18/h7-8,12,19H,4-6,9-11,13H2,1-3H3,(H,20,21). The van der Waals surface area contributed by atoms with Crippen molar-refractivity contribution in [2.45, 2.75) is 52.9 Å². The third kappa shape index (κ3) is 4.23. The maximum atomic E-state index is 12.4. The van der Waals surface area contributed by atoms with E-state index >= 15 is 0 Å². The molecule has 3 heteroatoms. The Labute approximate surface area is 128 Å². The molecule has 0 spiro atoms. The molecule has 0 radical (unpaired) electrons. The van der Waals surface area contributed by atoms with Crippen molar-refractivity contribution >= 4 is 11.6 Å². The third-order valence-electron chi connectivity index (χ3n) is 4.54. The normalized spacial score (nSPS) is 16.7. The molecule has 3 nitrogen and oxygen atoms in total. The van der Waals surface area contributed by atoms with Crippen molar-refractivity contribution in [1.82, 2.24) is 5.32 Å². The summed E-state index contributed by atoms with van der Waals surface area (Å²) in [6.07, 6.45) is 6.14. The monoisotopic (exact) mass is 288 g/mol. The van der Waals surface area contributed by atoms with Gasteiger partial charge in [-0.1, -0.05) is 26.7 Å². The second-order valence-corrected chi connectivity index (χ2v) is 6.66. The van der Waals surface area contributed by atoms with Gasteiger partial charge in [-0.25, -0.2) is 0 Å². The molecule has 1 aromatic rings. The minimum absolute atomic E-state index is 0.0580. The Bertz CT molecular complexity index is 490. The van der Waals surface area contributed by atoms with Crippen molar-refractivity contribution in [1.29, 1.82) is 0 Å². The molecule has 1 saturated carbocycles. The minimum Gasteiger partial charge on any atom is -0.385 e. The van der Waals surface area contributed by atoms with Gasteiger partial charge in [-0.3, -0.25) is 4.79 Å². The molecule has 0 heterocycles. The minimum atomic E-state index is 0.0580. The lowest BCUT2D eigenvalue weighted by molar-refractivity contribution is 0.0933. The van der Waals surface area contributed by atoms with E-state index in [0.717, 1.165) is 36.3 Å². The molecule has 0 aromatic heterocycles. The molecule has 1 aliphatic carbocycles. The van der Waals surface area contributed by atoms with Gasteiger partial charge in [0.25, 0.3) is 5.91 Å². The van der Waals surface area contributed by atoms with Crippen molar-refractivity contribution in [3.8, 4) is 0 Å².